The summed E-state index contributed by atoms with van der Waals surface area (Å²) in [4.78, 5) is 28.9. The zero-order chi connectivity index (χ0) is 22.3. The van der Waals surface area contributed by atoms with Crippen molar-refractivity contribution in [2.75, 3.05) is 18.0 Å². The molecule has 3 aromatic rings. The average molecular weight is 432 g/mol. The average Bonchev–Trinajstić information content (AvgIpc) is 3.17. The maximum atomic E-state index is 13.6. The minimum Gasteiger partial charge on any atom is -0.333 e. The Hall–Kier alpha value is -3.67. The second-order valence-corrected chi connectivity index (χ2v) is 7.98. The second kappa shape index (κ2) is 10.1. The van der Waals surface area contributed by atoms with E-state index in [4.69, 9.17) is 0 Å². The highest BCUT2D eigenvalue weighted by molar-refractivity contribution is 5.96. The van der Waals surface area contributed by atoms with Crippen molar-refractivity contribution in [3.8, 4) is 0 Å². The van der Waals surface area contributed by atoms with E-state index in [-0.39, 0.29) is 24.4 Å². The van der Waals surface area contributed by atoms with Gasteiger partial charge in [-0.05, 0) is 35.7 Å². The van der Waals surface area contributed by atoms with E-state index in [9.17, 15) is 14.0 Å². The Balaban J connectivity index is 1.42. The third-order valence-corrected chi connectivity index (χ3v) is 5.59. The summed E-state index contributed by atoms with van der Waals surface area (Å²) in [7, 11) is 0. The van der Waals surface area contributed by atoms with Gasteiger partial charge in [0.05, 0.1) is 6.04 Å². The molecule has 0 saturated carbocycles. The number of rotatable bonds is 7. The summed E-state index contributed by atoms with van der Waals surface area (Å²) in [5, 5.41) is 3.01. The lowest BCUT2D eigenvalue weighted by Crippen LogP contribution is -2.46. The Bertz CT molecular complexity index is 1060. The lowest BCUT2D eigenvalue weighted by atomic mass is 10.1. The largest absolute Gasteiger partial charge is 0.333 e. The molecule has 4 rings (SSSR count). The van der Waals surface area contributed by atoms with Crippen LogP contribution in [-0.2, 0) is 17.8 Å². The summed E-state index contributed by atoms with van der Waals surface area (Å²) in [5.74, 6) is -0.516. The Kier molecular flexibility index (Phi) is 6.80. The van der Waals surface area contributed by atoms with Crippen molar-refractivity contribution in [1.82, 2.24) is 10.2 Å². The fourth-order valence-electron chi connectivity index (χ4n) is 3.93. The zero-order valence-corrected chi connectivity index (χ0v) is 17.8. The number of urea groups is 1. The Labute approximate surface area is 187 Å². The Morgan fingerprint density at radius 1 is 0.969 bits per heavy atom. The molecule has 1 aliphatic heterocycles. The first-order valence-corrected chi connectivity index (χ1v) is 10.8. The number of halogens is 1. The first kappa shape index (κ1) is 21.6. The minimum atomic E-state index is -0.391. The molecular weight excluding hydrogens is 405 g/mol. The van der Waals surface area contributed by atoms with Gasteiger partial charge in [0.15, 0.2) is 0 Å². The number of carbonyl (C=O) groups is 2. The summed E-state index contributed by atoms with van der Waals surface area (Å²) in [6.45, 7) is 1.36. The fraction of sp³-hybridized carbons (Fsp3) is 0.231. The Morgan fingerprint density at radius 2 is 1.66 bits per heavy atom. The van der Waals surface area contributed by atoms with Gasteiger partial charge in [0.2, 0.25) is 5.91 Å². The van der Waals surface area contributed by atoms with E-state index in [2.05, 4.69) is 5.32 Å². The van der Waals surface area contributed by atoms with Crippen LogP contribution < -0.4 is 10.2 Å². The third-order valence-electron chi connectivity index (χ3n) is 5.59. The summed E-state index contributed by atoms with van der Waals surface area (Å²) >= 11 is 0. The Morgan fingerprint density at radius 3 is 2.34 bits per heavy atom. The molecule has 1 unspecified atom stereocenters. The molecular formula is C26H26FN3O2. The molecule has 164 valence electrons. The van der Waals surface area contributed by atoms with Crippen molar-refractivity contribution in [1.29, 1.82) is 0 Å². The van der Waals surface area contributed by atoms with Crippen molar-refractivity contribution in [2.45, 2.75) is 25.4 Å². The van der Waals surface area contributed by atoms with Gasteiger partial charge in [-0.2, -0.15) is 0 Å². The van der Waals surface area contributed by atoms with Crippen LogP contribution in [0.2, 0.25) is 0 Å². The van der Waals surface area contributed by atoms with Crippen LogP contribution in [0.5, 0.6) is 0 Å². The lowest BCUT2D eigenvalue weighted by Gasteiger charge is -2.25. The summed E-state index contributed by atoms with van der Waals surface area (Å²) in [6.07, 6.45) is 0.931. The SMILES string of the molecule is O=C(NC1CC(=O)N(c2cccc(F)c2)C1)N(CCc1ccccc1)Cc1ccccc1. The smallest absolute Gasteiger partial charge is 0.318 e. The van der Waals surface area contributed by atoms with E-state index >= 15 is 0 Å². The first-order valence-electron chi connectivity index (χ1n) is 10.8. The van der Waals surface area contributed by atoms with Gasteiger partial charge >= 0.3 is 6.03 Å². The first-order chi connectivity index (χ1) is 15.6. The lowest BCUT2D eigenvalue weighted by molar-refractivity contribution is -0.117. The van der Waals surface area contributed by atoms with E-state index < -0.39 is 5.82 Å². The van der Waals surface area contributed by atoms with E-state index in [0.717, 1.165) is 17.5 Å². The normalized spacial score (nSPS) is 15.6. The quantitative estimate of drug-likeness (QED) is 0.603. The highest BCUT2D eigenvalue weighted by atomic mass is 19.1. The highest BCUT2D eigenvalue weighted by Gasteiger charge is 2.32. The molecule has 1 heterocycles. The van der Waals surface area contributed by atoms with Crippen LogP contribution in [0.3, 0.4) is 0 Å². The van der Waals surface area contributed by atoms with E-state index in [1.807, 2.05) is 60.7 Å². The highest BCUT2D eigenvalue weighted by Crippen LogP contribution is 2.22. The summed E-state index contributed by atoms with van der Waals surface area (Å²) < 4.78 is 13.6. The maximum Gasteiger partial charge on any atom is 0.318 e. The molecule has 32 heavy (non-hydrogen) atoms. The van der Waals surface area contributed by atoms with Gasteiger partial charge in [0, 0.05) is 31.7 Å². The van der Waals surface area contributed by atoms with Crippen LogP contribution in [0, 0.1) is 5.82 Å². The molecule has 3 amide bonds. The molecule has 0 aromatic heterocycles. The molecule has 6 heteroatoms. The van der Waals surface area contributed by atoms with Crippen molar-refractivity contribution >= 4 is 17.6 Å². The van der Waals surface area contributed by atoms with Crippen molar-refractivity contribution in [2.24, 2.45) is 0 Å². The molecule has 1 saturated heterocycles. The van der Waals surface area contributed by atoms with Crippen LogP contribution in [0.1, 0.15) is 17.5 Å². The van der Waals surface area contributed by atoms with Gasteiger partial charge in [-0.1, -0.05) is 66.7 Å². The number of nitrogens with one attached hydrogen (secondary N) is 1. The van der Waals surface area contributed by atoms with E-state index in [0.29, 0.717) is 25.3 Å². The summed E-state index contributed by atoms with van der Waals surface area (Å²) in [6, 6.07) is 25.3. The molecule has 5 nitrogen and oxygen atoms in total. The molecule has 1 N–H and O–H groups in total. The van der Waals surface area contributed by atoms with Crippen molar-refractivity contribution < 1.29 is 14.0 Å². The van der Waals surface area contributed by atoms with Crippen LogP contribution >= 0.6 is 0 Å². The standard InChI is InChI=1S/C26H26FN3O2/c27-22-12-7-13-24(16-22)30-19-23(17-25(30)31)28-26(32)29(18-21-10-5-2-6-11-21)15-14-20-8-3-1-4-9-20/h1-13,16,23H,14-15,17-19H2,(H,28,32). The number of carbonyl (C=O) groups excluding carboxylic acids is 2. The van der Waals surface area contributed by atoms with Gasteiger partial charge in [-0.3, -0.25) is 4.79 Å². The van der Waals surface area contributed by atoms with Gasteiger partial charge < -0.3 is 15.1 Å². The maximum absolute atomic E-state index is 13.6. The predicted octanol–water partition coefficient (Wildman–Crippen LogP) is 4.39. The molecule has 0 spiro atoms. The number of nitrogens with zero attached hydrogens (tertiary/aromatic N) is 2. The molecule has 0 aliphatic carbocycles. The number of benzene rings is 3. The third kappa shape index (κ3) is 5.52. The minimum absolute atomic E-state index is 0.125. The van der Waals surface area contributed by atoms with Crippen LogP contribution in [-0.4, -0.2) is 36.0 Å². The zero-order valence-electron chi connectivity index (χ0n) is 17.8. The predicted molar refractivity (Wildman–Crippen MR) is 123 cm³/mol. The molecule has 1 aliphatic rings. The molecule has 0 radical (unpaired) electrons. The van der Waals surface area contributed by atoms with Crippen molar-refractivity contribution in [3.63, 3.8) is 0 Å². The topological polar surface area (TPSA) is 52.7 Å². The number of amides is 3. The molecule has 1 atom stereocenters. The van der Waals surface area contributed by atoms with Crippen LogP contribution in [0.4, 0.5) is 14.9 Å². The van der Waals surface area contributed by atoms with Crippen molar-refractivity contribution in [3.05, 3.63) is 102 Å². The molecule has 0 bridgehead atoms. The molecule has 3 aromatic carbocycles. The van der Waals surface area contributed by atoms with Crippen LogP contribution in [0.25, 0.3) is 0 Å². The monoisotopic (exact) mass is 431 g/mol. The van der Waals surface area contributed by atoms with E-state index in [1.165, 1.54) is 17.0 Å². The number of anilines is 1. The fourth-order valence-corrected chi connectivity index (χ4v) is 3.93. The molecule has 1 fully saturated rings. The van der Waals surface area contributed by atoms with Gasteiger partial charge in [0.1, 0.15) is 5.82 Å². The van der Waals surface area contributed by atoms with Crippen LogP contribution in [0.15, 0.2) is 84.9 Å². The van der Waals surface area contributed by atoms with Gasteiger partial charge in [-0.15, -0.1) is 0 Å². The second-order valence-electron chi connectivity index (χ2n) is 7.98. The number of hydrogen-bond donors (Lipinski definition) is 1. The van der Waals surface area contributed by atoms with Gasteiger partial charge in [0.25, 0.3) is 0 Å². The summed E-state index contributed by atoms with van der Waals surface area (Å²) in [5.41, 5.74) is 2.71. The number of hydrogen-bond acceptors (Lipinski definition) is 2. The van der Waals surface area contributed by atoms with E-state index in [1.54, 1.807) is 17.0 Å². The van der Waals surface area contributed by atoms with Gasteiger partial charge in [-0.25, -0.2) is 9.18 Å².